The maximum atomic E-state index is 13.0. The summed E-state index contributed by atoms with van der Waals surface area (Å²) in [6.45, 7) is 2.66. The smallest absolute Gasteiger partial charge is 0.220 e. The highest BCUT2D eigenvalue weighted by Gasteiger charge is 2.51. The molecule has 9 N–H and O–H groups in total. The zero-order chi connectivity index (χ0) is 49.6. The fourth-order valence-corrected chi connectivity index (χ4v) is 8.89. The minimum Gasteiger partial charge on any atom is -0.394 e. The second-order valence-corrected chi connectivity index (χ2v) is 19.4. The van der Waals surface area contributed by atoms with Crippen molar-refractivity contribution in [2.75, 3.05) is 19.8 Å². The first-order valence-corrected chi connectivity index (χ1v) is 27.2. The van der Waals surface area contributed by atoms with Crippen LogP contribution in [0.1, 0.15) is 206 Å². The molecule has 0 spiro atoms. The van der Waals surface area contributed by atoms with Crippen molar-refractivity contribution in [3.8, 4) is 0 Å². The predicted octanol–water partition coefficient (Wildman–Crippen LogP) is 7.88. The summed E-state index contributed by atoms with van der Waals surface area (Å²) >= 11 is 0. The number of amides is 1. The number of rotatable bonds is 42. The summed E-state index contributed by atoms with van der Waals surface area (Å²) in [5.74, 6) is -0.219. The monoisotopic (exact) mass is 970 g/mol. The zero-order valence-electron chi connectivity index (χ0n) is 42.3. The van der Waals surface area contributed by atoms with E-state index >= 15 is 0 Å². The molecule has 12 atom stereocenters. The lowest BCUT2D eigenvalue weighted by Crippen LogP contribution is -2.65. The number of aliphatic hydroxyl groups is 8. The van der Waals surface area contributed by atoms with Gasteiger partial charge in [-0.1, -0.05) is 185 Å². The molecule has 0 aromatic rings. The first-order chi connectivity index (χ1) is 33.1. The number of carbonyl (C=O) groups excluding carboxylic acids is 1. The molecule has 0 aliphatic carbocycles. The van der Waals surface area contributed by atoms with Gasteiger partial charge in [-0.3, -0.25) is 4.79 Å². The number of carbonyl (C=O) groups is 1. The summed E-state index contributed by atoms with van der Waals surface area (Å²) < 4.78 is 22.5. The maximum absolute atomic E-state index is 13.0. The minimum absolute atomic E-state index is 0.219. The summed E-state index contributed by atoms with van der Waals surface area (Å²) in [6.07, 6.45) is 31.4. The number of hydrogen-bond acceptors (Lipinski definition) is 13. The van der Waals surface area contributed by atoms with E-state index in [4.69, 9.17) is 18.9 Å². The number of unbranched alkanes of at least 4 members (excludes halogenated alkanes) is 23. The molecule has 1 amide bonds. The van der Waals surface area contributed by atoms with Gasteiger partial charge in [0.25, 0.3) is 0 Å². The summed E-state index contributed by atoms with van der Waals surface area (Å²) in [5, 5.41) is 86.1. The van der Waals surface area contributed by atoms with Crippen LogP contribution in [0.25, 0.3) is 0 Å². The molecule has 68 heavy (non-hydrogen) atoms. The highest BCUT2D eigenvalue weighted by Crippen LogP contribution is 2.30. The summed E-state index contributed by atoms with van der Waals surface area (Å²) in [7, 11) is 0. The van der Waals surface area contributed by atoms with Gasteiger partial charge in [-0.25, -0.2) is 0 Å². The van der Waals surface area contributed by atoms with E-state index in [0.29, 0.717) is 12.8 Å². The van der Waals surface area contributed by atoms with Crippen molar-refractivity contribution in [1.29, 1.82) is 0 Å². The zero-order valence-corrected chi connectivity index (χ0v) is 42.3. The van der Waals surface area contributed by atoms with Crippen molar-refractivity contribution in [2.24, 2.45) is 0 Å². The van der Waals surface area contributed by atoms with Crippen molar-refractivity contribution in [3.05, 3.63) is 36.5 Å². The first kappa shape index (κ1) is 62.3. The van der Waals surface area contributed by atoms with Crippen LogP contribution in [0.2, 0.25) is 0 Å². The van der Waals surface area contributed by atoms with Gasteiger partial charge >= 0.3 is 0 Å². The van der Waals surface area contributed by atoms with Gasteiger partial charge in [-0.15, -0.1) is 0 Å². The molecule has 0 radical (unpaired) electrons. The van der Waals surface area contributed by atoms with Gasteiger partial charge in [-0.05, 0) is 51.4 Å². The largest absolute Gasteiger partial charge is 0.394 e. The van der Waals surface area contributed by atoms with Gasteiger partial charge in [0.1, 0.15) is 48.8 Å². The molecule has 2 saturated heterocycles. The summed E-state index contributed by atoms with van der Waals surface area (Å²) in [6, 6.07) is -0.823. The van der Waals surface area contributed by atoms with Crippen LogP contribution < -0.4 is 5.32 Å². The third kappa shape index (κ3) is 27.1. The summed E-state index contributed by atoms with van der Waals surface area (Å²) in [5.41, 5.74) is 0. The Labute approximate surface area is 411 Å². The molecule has 14 nitrogen and oxygen atoms in total. The number of hydrogen-bond donors (Lipinski definition) is 9. The Kier molecular flexibility index (Phi) is 37.4. The van der Waals surface area contributed by atoms with Crippen molar-refractivity contribution < 1.29 is 64.6 Å². The average Bonchev–Trinajstić information content (AvgIpc) is 3.33. The second-order valence-electron chi connectivity index (χ2n) is 19.4. The van der Waals surface area contributed by atoms with E-state index in [1.165, 1.54) is 122 Å². The van der Waals surface area contributed by atoms with Crippen molar-refractivity contribution in [1.82, 2.24) is 5.32 Å². The molecule has 14 heteroatoms. The number of aliphatic hydroxyl groups excluding tert-OH is 8. The van der Waals surface area contributed by atoms with E-state index in [2.05, 4.69) is 55.6 Å². The van der Waals surface area contributed by atoms with Crippen LogP contribution >= 0.6 is 0 Å². The molecule has 0 bridgehead atoms. The van der Waals surface area contributed by atoms with Gasteiger partial charge in [0.15, 0.2) is 12.6 Å². The van der Waals surface area contributed by atoms with E-state index in [1.54, 1.807) is 0 Å². The van der Waals surface area contributed by atoms with Crippen LogP contribution in [0.4, 0.5) is 0 Å². The quantitative estimate of drug-likeness (QED) is 0.0210. The Morgan fingerprint density at radius 1 is 0.529 bits per heavy atom. The SMILES string of the molecule is CCCCCCC/C=C\C/C=C\C/C=C\CCCCCCCCCCCCCCCCCCC(=O)NC(COC1OC(CO)C(OC2OC(CO)C(O)C(O)C2O)C(O)C1O)C(O)CCCCC. The average molecular weight is 970 g/mol. The van der Waals surface area contributed by atoms with Crippen LogP contribution in [-0.2, 0) is 23.7 Å². The topological polar surface area (TPSA) is 228 Å². The molecule has 2 aliphatic rings. The number of ether oxygens (including phenoxy) is 4. The normalized spacial score (nSPS) is 26.6. The van der Waals surface area contributed by atoms with Crippen LogP contribution in [0.3, 0.4) is 0 Å². The Morgan fingerprint density at radius 3 is 1.49 bits per heavy atom. The number of allylic oxidation sites excluding steroid dienone is 6. The third-order valence-corrected chi connectivity index (χ3v) is 13.4. The Balaban J connectivity index is 1.53. The maximum Gasteiger partial charge on any atom is 0.220 e. The van der Waals surface area contributed by atoms with E-state index in [1.807, 2.05) is 0 Å². The molecule has 2 fully saturated rings. The molecule has 0 saturated carbocycles. The van der Waals surface area contributed by atoms with Crippen molar-refractivity contribution in [3.63, 3.8) is 0 Å². The van der Waals surface area contributed by atoms with E-state index in [9.17, 15) is 45.6 Å². The van der Waals surface area contributed by atoms with E-state index in [-0.39, 0.29) is 12.5 Å². The van der Waals surface area contributed by atoms with Crippen LogP contribution in [0.5, 0.6) is 0 Å². The lowest BCUT2D eigenvalue weighted by Gasteiger charge is -2.46. The lowest BCUT2D eigenvalue weighted by molar-refractivity contribution is -0.359. The standard InChI is InChI=1S/C54H99NO13/c1-3-5-7-8-9-10-11-12-13-14-15-16-17-18-19-20-21-22-23-24-25-26-27-28-29-30-31-32-33-34-36-38-46(59)55-42(43(58)37-35-6-4-2)41-65-53-51(64)49(62)52(45(40-57)67-53)68-54-50(63)48(61)47(60)44(39-56)66-54/h11-12,14-15,17-18,42-45,47-54,56-58,60-64H,3-10,13,16,19-41H2,1-2H3,(H,55,59)/b12-11-,15-14-,18-17-. The van der Waals surface area contributed by atoms with E-state index in [0.717, 1.165) is 57.8 Å². The fourth-order valence-electron chi connectivity index (χ4n) is 8.89. The number of nitrogens with one attached hydrogen (secondary N) is 1. The van der Waals surface area contributed by atoms with Gasteiger partial charge in [-0.2, -0.15) is 0 Å². The molecule has 2 rings (SSSR count). The molecule has 12 unspecified atom stereocenters. The van der Waals surface area contributed by atoms with Gasteiger partial charge in [0.05, 0.1) is 32.0 Å². The molecular formula is C54H99NO13. The summed E-state index contributed by atoms with van der Waals surface area (Å²) in [4.78, 5) is 13.0. The predicted molar refractivity (Wildman–Crippen MR) is 268 cm³/mol. The second kappa shape index (κ2) is 40.8. The molecule has 2 heterocycles. The highest BCUT2D eigenvalue weighted by molar-refractivity contribution is 5.76. The van der Waals surface area contributed by atoms with Gasteiger partial charge in [0.2, 0.25) is 5.91 Å². The fraction of sp³-hybridized carbons (Fsp3) is 0.870. The van der Waals surface area contributed by atoms with Crippen LogP contribution in [0.15, 0.2) is 36.5 Å². The van der Waals surface area contributed by atoms with Crippen molar-refractivity contribution in [2.45, 2.75) is 280 Å². The minimum atomic E-state index is -1.78. The Hall–Kier alpha value is -1.79. The molecule has 0 aromatic heterocycles. The Bertz CT molecular complexity index is 1280. The van der Waals surface area contributed by atoms with Crippen LogP contribution in [-0.4, -0.2) is 140 Å². The van der Waals surface area contributed by atoms with Crippen LogP contribution in [0, 0.1) is 0 Å². The highest BCUT2D eigenvalue weighted by atomic mass is 16.7. The van der Waals surface area contributed by atoms with E-state index < -0.39 is 86.8 Å². The molecule has 0 aromatic carbocycles. The van der Waals surface area contributed by atoms with Gasteiger partial charge < -0.3 is 65.1 Å². The Morgan fingerprint density at radius 2 is 0.971 bits per heavy atom. The van der Waals surface area contributed by atoms with Crippen molar-refractivity contribution >= 4 is 5.91 Å². The van der Waals surface area contributed by atoms with Gasteiger partial charge in [0, 0.05) is 6.42 Å². The first-order valence-electron chi connectivity index (χ1n) is 27.2. The molecular weight excluding hydrogens is 871 g/mol. The third-order valence-electron chi connectivity index (χ3n) is 13.4. The molecule has 398 valence electrons. The molecule has 2 aliphatic heterocycles. The lowest BCUT2D eigenvalue weighted by atomic mass is 9.97.